The first-order valence-electron chi connectivity index (χ1n) is 9.55. The molecule has 0 fully saturated rings. The Labute approximate surface area is 178 Å². The Hall–Kier alpha value is -4.39. The van der Waals surface area contributed by atoms with E-state index in [0.717, 1.165) is 11.3 Å². The number of phenols is 2. The van der Waals surface area contributed by atoms with Gasteiger partial charge in [0.25, 0.3) is 11.8 Å². The molecular weight excluding hydrogens is 394 g/mol. The lowest BCUT2D eigenvalue weighted by Gasteiger charge is -2.19. The number of fused-ring (bicyclic) bond motifs is 1. The minimum atomic E-state index is -0.496. The molecule has 1 aromatic heterocycles. The monoisotopic (exact) mass is 413 g/mol. The summed E-state index contributed by atoms with van der Waals surface area (Å²) in [5, 5.41) is 24.4. The van der Waals surface area contributed by atoms with E-state index < -0.39 is 11.8 Å². The van der Waals surface area contributed by atoms with Crippen molar-refractivity contribution in [2.24, 2.45) is 0 Å². The van der Waals surface area contributed by atoms with Crippen LogP contribution in [0.5, 0.6) is 11.5 Å². The van der Waals surface area contributed by atoms with E-state index in [2.05, 4.69) is 15.6 Å². The minimum Gasteiger partial charge on any atom is -0.504 e. The summed E-state index contributed by atoms with van der Waals surface area (Å²) in [5.41, 5.74) is 3.59. The smallest absolute Gasteiger partial charge is 0.260 e. The van der Waals surface area contributed by atoms with Crippen LogP contribution in [0.1, 0.15) is 32.7 Å². The predicted octanol–water partition coefficient (Wildman–Crippen LogP) is 3.06. The minimum absolute atomic E-state index is 0.201. The maximum Gasteiger partial charge on any atom is 0.260 e. The number of amides is 2. The molecule has 2 amide bonds. The summed E-state index contributed by atoms with van der Waals surface area (Å²) in [6.45, 7) is 0.313. The van der Waals surface area contributed by atoms with Crippen LogP contribution in [-0.4, -0.2) is 27.0 Å². The van der Waals surface area contributed by atoms with Gasteiger partial charge in [-0.2, -0.15) is 0 Å². The first kappa shape index (κ1) is 19.9. The van der Waals surface area contributed by atoms with Crippen molar-refractivity contribution in [1.29, 1.82) is 0 Å². The number of benzene rings is 2. The van der Waals surface area contributed by atoms with Crippen LogP contribution in [0.3, 0.4) is 0 Å². The molecule has 2 aromatic carbocycles. The zero-order valence-corrected chi connectivity index (χ0v) is 16.4. The fourth-order valence-electron chi connectivity index (χ4n) is 3.20. The maximum atomic E-state index is 12.5. The fraction of sp³-hybridized carbons (Fsp3) is 0.0417. The Morgan fingerprint density at radius 3 is 2.55 bits per heavy atom. The number of carbonyl (C=O) groups excluding carboxylic acids is 2. The van der Waals surface area contributed by atoms with Crippen LogP contribution in [0.4, 0.5) is 0 Å². The number of pyridine rings is 1. The lowest BCUT2D eigenvalue weighted by molar-refractivity contribution is -0.114. The van der Waals surface area contributed by atoms with Gasteiger partial charge in [0.1, 0.15) is 0 Å². The number of imide groups is 1. The van der Waals surface area contributed by atoms with Crippen LogP contribution in [0.25, 0.3) is 17.7 Å². The second-order valence-electron chi connectivity index (χ2n) is 6.94. The van der Waals surface area contributed by atoms with Crippen molar-refractivity contribution in [2.45, 2.75) is 6.54 Å². The number of hydrogen-bond donors (Lipinski definition) is 4. The van der Waals surface area contributed by atoms with Crippen molar-refractivity contribution < 1.29 is 19.8 Å². The van der Waals surface area contributed by atoms with Crippen LogP contribution in [0.15, 0.2) is 67.0 Å². The highest BCUT2D eigenvalue weighted by Crippen LogP contribution is 2.27. The largest absolute Gasteiger partial charge is 0.504 e. The Morgan fingerprint density at radius 1 is 0.903 bits per heavy atom. The molecule has 2 heterocycles. The number of nitrogens with zero attached hydrogens (tertiary/aromatic N) is 1. The average molecular weight is 413 g/mol. The first-order valence-corrected chi connectivity index (χ1v) is 9.55. The molecule has 0 saturated carbocycles. The molecule has 0 bridgehead atoms. The summed E-state index contributed by atoms with van der Waals surface area (Å²) in [6.07, 6.45) is 6.96. The Balaban J connectivity index is 1.60. The van der Waals surface area contributed by atoms with Gasteiger partial charge in [0.05, 0.1) is 11.3 Å². The van der Waals surface area contributed by atoms with Gasteiger partial charge in [-0.1, -0.05) is 24.3 Å². The van der Waals surface area contributed by atoms with E-state index in [-0.39, 0.29) is 11.5 Å². The molecule has 0 saturated heterocycles. The van der Waals surface area contributed by atoms with Crippen molar-refractivity contribution in [2.75, 3.05) is 0 Å². The van der Waals surface area contributed by atoms with Gasteiger partial charge in [-0.05, 0) is 53.6 Å². The second kappa shape index (κ2) is 8.54. The molecule has 7 nitrogen and oxygen atoms in total. The van der Waals surface area contributed by atoms with E-state index in [9.17, 15) is 19.8 Å². The number of aromatic nitrogens is 1. The van der Waals surface area contributed by atoms with E-state index in [1.807, 2.05) is 30.4 Å². The molecule has 3 aromatic rings. The molecule has 4 N–H and O–H groups in total. The third-order valence-corrected chi connectivity index (χ3v) is 4.78. The molecule has 7 heteroatoms. The Bertz CT molecular complexity index is 1220. The fourth-order valence-corrected chi connectivity index (χ4v) is 3.20. The average Bonchev–Trinajstić information content (AvgIpc) is 2.77. The lowest BCUT2D eigenvalue weighted by atomic mass is 9.93. The highest BCUT2D eigenvalue weighted by molar-refractivity contribution is 6.31. The third kappa shape index (κ3) is 4.45. The maximum absolute atomic E-state index is 12.5. The quantitative estimate of drug-likeness (QED) is 0.291. The number of carbonyl (C=O) groups is 2. The standard InChI is InChI=1S/C24H19N3O4/c28-21-9-6-16(12-22(21)29)13-25-14-20-19-11-15(4-7-17-3-1-2-10-26-17)5-8-18(19)23(30)27-24(20)31/h1-12,14,25,28-29H,13H2,(H,27,30,31)/b7-4+,20-14+. The van der Waals surface area contributed by atoms with Gasteiger partial charge in [-0.25, -0.2) is 0 Å². The van der Waals surface area contributed by atoms with Crippen molar-refractivity contribution in [1.82, 2.24) is 15.6 Å². The summed E-state index contributed by atoms with van der Waals surface area (Å²) in [6, 6.07) is 15.3. The first-order chi connectivity index (χ1) is 15.0. The topological polar surface area (TPSA) is 112 Å². The van der Waals surface area contributed by atoms with Gasteiger partial charge in [0.2, 0.25) is 0 Å². The van der Waals surface area contributed by atoms with Crippen molar-refractivity contribution in [3.8, 4) is 11.5 Å². The molecule has 0 aliphatic carbocycles. The molecule has 31 heavy (non-hydrogen) atoms. The van der Waals surface area contributed by atoms with Gasteiger partial charge in [0.15, 0.2) is 11.5 Å². The predicted molar refractivity (Wildman–Crippen MR) is 117 cm³/mol. The highest BCUT2D eigenvalue weighted by Gasteiger charge is 2.27. The number of aromatic hydroxyl groups is 2. The zero-order chi connectivity index (χ0) is 21.8. The number of phenolic OH excluding ortho intramolecular Hbond substituents is 2. The van der Waals surface area contributed by atoms with Crippen LogP contribution in [0, 0.1) is 0 Å². The molecule has 154 valence electrons. The van der Waals surface area contributed by atoms with Crippen molar-refractivity contribution in [3.05, 3.63) is 94.9 Å². The number of nitrogens with one attached hydrogen (secondary N) is 2. The van der Waals surface area contributed by atoms with Crippen LogP contribution in [0.2, 0.25) is 0 Å². The molecule has 0 radical (unpaired) electrons. The lowest BCUT2D eigenvalue weighted by Crippen LogP contribution is -2.37. The van der Waals surface area contributed by atoms with E-state index in [0.29, 0.717) is 28.8 Å². The highest BCUT2D eigenvalue weighted by atomic mass is 16.3. The Kier molecular flexibility index (Phi) is 5.49. The summed E-state index contributed by atoms with van der Waals surface area (Å²) in [4.78, 5) is 28.9. The van der Waals surface area contributed by atoms with E-state index in [1.165, 1.54) is 18.3 Å². The SMILES string of the molecule is O=C1NC(=O)c2ccc(/C=C/c3ccccn3)cc2/C1=C\NCc1ccc(O)c(O)c1. The molecule has 1 aliphatic heterocycles. The normalized spacial score (nSPS) is 14.5. The van der Waals surface area contributed by atoms with Crippen LogP contribution < -0.4 is 10.6 Å². The molecule has 4 rings (SSSR count). The molecule has 0 atom stereocenters. The van der Waals surface area contributed by atoms with Crippen molar-refractivity contribution in [3.63, 3.8) is 0 Å². The molecular formula is C24H19N3O4. The molecule has 0 spiro atoms. The van der Waals surface area contributed by atoms with Gasteiger partial charge >= 0.3 is 0 Å². The van der Waals surface area contributed by atoms with E-state index >= 15 is 0 Å². The Morgan fingerprint density at radius 2 is 1.77 bits per heavy atom. The summed E-state index contributed by atoms with van der Waals surface area (Å²) >= 11 is 0. The number of hydrogen-bond acceptors (Lipinski definition) is 6. The molecule has 1 aliphatic rings. The second-order valence-corrected chi connectivity index (χ2v) is 6.94. The van der Waals surface area contributed by atoms with Gasteiger partial charge < -0.3 is 15.5 Å². The van der Waals surface area contributed by atoms with Gasteiger partial charge in [-0.3, -0.25) is 19.9 Å². The summed E-state index contributed by atoms with van der Waals surface area (Å²) in [5.74, 6) is -1.36. The molecule has 0 unspecified atom stereocenters. The van der Waals surface area contributed by atoms with Crippen molar-refractivity contribution >= 4 is 29.5 Å². The third-order valence-electron chi connectivity index (χ3n) is 4.78. The van der Waals surface area contributed by atoms with Crippen LogP contribution >= 0.6 is 0 Å². The van der Waals surface area contributed by atoms with Gasteiger partial charge in [-0.15, -0.1) is 0 Å². The van der Waals surface area contributed by atoms with Crippen LogP contribution in [-0.2, 0) is 11.3 Å². The summed E-state index contributed by atoms with van der Waals surface area (Å²) in [7, 11) is 0. The summed E-state index contributed by atoms with van der Waals surface area (Å²) < 4.78 is 0. The zero-order valence-electron chi connectivity index (χ0n) is 16.4. The van der Waals surface area contributed by atoms with E-state index in [4.69, 9.17) is 0 Å². The van der Waals surface area contributed by atoms with Gasteiger partial charge in [0, 0.05) is 30.1 Å². The van der Waals surface area contributed by atoms with E-state index in [1.54, 1.807) is 30.5 Å². The number of rotatable bonds is 5.